The SMILES string of the molecule is CCC(N)Cc1cnc(N2CC(C)SC(C)C2)nc1. The van der Waals surface area contributed by atoms with Crippen LogP contribution in [-0.4, -0.2) is 39.6 Å². The topological polar surface area (TPSA) is 55.0 Å². The molecule has 1 aliphatic rings. The molecule has 1 fully saturated rings. The van der Waals surface area contributed by atoms with Crippen LogP contribution in [0, 0.1) is 0 Å². The molecule has 4 nitrogen and oxygen atoms in total. The second kappa shape index (κ2) is 6.57. The summed E-state index contributed by atoms with van der Waals surface area (Å²) in [6, 6.07) is 0.209. The van der Waals surface area contributed by atoms with Crippen LogP contribution in [0.2, 0.25) is 0 Å². The third-order valence-electron chi connectivity index (χ3n) is 3.42. The minimum atomic E-state index is 0.209. The van der Waals surface area contributed by atoms with E-state index in [0.717, 1.165) is 37.4 Å². The molecular weight excluding hydrogens is 256 g/mol. The maximum atomic E-state index is 5.95. The Labute approximate surface area is 120 Å². The molecule has 0 aromatic carbocycles. The Bertz CT molecular complexity index is 385. The third-order valence-corrected chi connectivity index (χ3v) is 4.64. The van der Waals surface area contributed by atoms with Gasteiger partial charge in [0.15, 0.2) is 0 Å². The van der Waals surface area contributed by atoms with Crippen molar-refractivity contribution in [3.8, 4) is 0 Å². The van der Waals surface area contributed by atoms with Crippen molar-refractivity contribution in [3.63, 3.8) is 0 Å². The van der Waals surface area contributed by atoms with Gasteiger partial charge in [-0.1, -0.05) is 20.8 Å². The summed E-state index contributed by atoms with van der Waals surface area (Å²) in [6.45, 7) is 8.70. The molecule has 1 aliphatic heterocycles. The summed E-state index contributed by atoms with van der Waals surface area (Å²) in [5, 5.41) is 1.28. The van der Waals surface area contributed by atoms with Gasteiger partial charge >= 0.3 is 0 Å². The Morgan fingerprint density at radius 2 is 1.89 bits per heavy atom. The lowest BCUT2D eigenvalue weighted by atomic mass is 10.1. The summed E-state index contributed by atoms with van der Waals surface area (Å²) in [5.41, 5.74) is 7.08. The molecule has 19 heavy (non-hydrogen) atoms. The number of nitrogens with two attached hydrogens (primary N) is 1. The minimum Gasteiger partial charge on any atom is -0.339 e. The number of anilines is 1. The van der Waals surface area contributed by atoms with E-state index in [4.69, 9.17) is 5.73 Å². The Kier molecular flexibility index (Phi) is 5.05. The average Bonchev–Trinajstić information content (AvgIpc) is 2.38. The van der Waals surface area contributed by atoms with E-state index in [1.54, 1.807) is 0 Å². The lowest BCUT2D eigenvalue weighted by Gasteiger charge is -2.34. The van der Waals surface area contributed by atoms with E-state index in [-0.39, 0.29) is 6.04 Å². The normalized spacial score (nSPS) is 25.4. The molecule has 0 bridgehead atoms. The van der Waals surface area contributed by atoms with E-state index in [2.05, 4.69) is 35.6 Å². The fourth-order valence-electron chi connectivity index (χ4n) is 2.40. The molecule has 5 heteroatoms. The number of nitrogens with zero attached hydrogens (tertiary/aromatic N) is 3. The van der Waals surface area contributed by atoms with E-state index < -0.39 is 0 Å². The van der Waals surface area contributed by atoms with E-state index in [0.29, 0.717) is 10.5 Å². The van der Waals surface area contributed by atoms with Gasteiger partial charge in [0, 0.05) is 42.0 Å². The van der Waals surface area contributed by atoms with Gasteiger partial charge in [0.25, 0.3) is 0 Å². The van der Waals surface area contributed by atoms with Crippen LogP contribution in [0.4, 0.5) is 5.95 Å². The summed E-state index contributed by atoms with van der Waals surface area (Å²) in [4.78, 5) is 11.3. The maximum absolute atomic E-state index is 5.95. The number of aromatic nitrogens is 2. The van der Waals surface area contributed by atoms with Crippen molar-refractivity contribution in [2.24, 2.45) is 5.73 Å². The zero-order chi connectivity index (χ0) is 13.8. The quantitative estimate of drug-likeness (QED) is 0.915. The second-order valence-electron chi connectivity index (χ2n) is 5.43. The van der Waals surface area contributed by atoms with Crippen LogP contribution < -0.4 is 10.6 Å². The molecule has 0 amide bonds. The summed E-state index contributed by atoms with van der Waals surface area (Å²) in [5.74, 6) is 0.854. The first-order valence-corrected chi connectivity index (χ1v) is 7.99. The summed E-state index contributed by atoms with van der Waals surface area (Å²) < 4.78 is 0. The van der Waals surface area contributed by atoms with Crippen molar-refractivity contribution in [1.82, 2.24) is 9.97 Å². The molecule has 0 spiro atoms. The van der Waals surface area contributed by atoms with Crippen LogP contribution in [0.1, 0.15) is 32.8 Å². The van der Waals surface area contributed by atoms with E-state index >= 15 is 0 Å². The lowest BCUT2D eigenvalue weighted by Crippen LogP contribution is -2.41. The number of thioether (sulfide) groups is 1. The third kappa shape index (κ3) is 4.08. The first kappa shape index (κ1) is 14.6. The largest absolute Gasteiger partial charge is 0.339 e. The summed E-state index contributed by atoms with van der Waals surface area (Å²) in [6.07, 6.45) is 5.70. The molecule has 1 aromatic rings. The zero-order valence-electron chi connectivity index (χ0n) is 12.0. The van der Waals surface area contributed by atoms with Gasteiger partial charge < -0.3 is 10.6 Å². The predicted octanol–water partition coefficient (Wildman–Crippen LogP) is 2.09. The molecule has 2 heterocycles. The highest BCUT2D eigenvalue weighted by Gasteiger charge is 2.23. The van der Waals surface area contributed by atoms with E-state index in [1.807, 2.05) is 24.2 Å². The van der Waals surface area contributed by atoms with Gasteiger partial charge in [0.05, 0.1) is 0 Å². The van der Waals surface area contributed by atoms with Crippen LogP contribution in [0.25, 0.3) is 0 Å². The first-order valence-electron chi connectivity index (χ1n) is 7.05. The van der Waals surface area contributed by atoms with E-state index in [9.17, 15) is 0 Å². The van der Waals surface area contributed by atoms with Crippen molar-refractivity contribution in [2.45, 2.75) is 50.2 Å². The Balaban J connectivity index is 2.01. The molecule has 2 N–H and O–H groups in total. The van der Waals surface area contributed by atoms with Crippen molar-refractivity contribution in [1.29, 1.82) is 0 Å². The molecule has 2 rings (SSSR count). The van der Waals surface area contributed by atoms with Gasteiger partial charge in [-0.3, -0.25) is 0 Å². The molecule has 0 radical (unpaired) electrons. The van der Waals surface area contributed by atoms with Gasteiger partial charge in [-0.2, -0.15) is 11.8 Å². The Morgan fingerprint density at radius 3 is 2.42 bits per heavy atom. The molecule has 3 atom stereocenters. The molecule has 0 aliphatic carbocycles. The maximum Gasteiger partial charge on any atom is 0.225 e. The number of hydrogen-bond acceptors (Lipinski definition) is 5. The van der Waals surface area contributed by atoms with Gasteiger partial charge in [-0.15, -0.1) is 0 Å². The zero-order valence-corrected chi connectivity index (χ0v) is 12.9. The van der Waals surface area contributed by atoms with Crippen LogP contribution in [0.3, 0.4) is 0 Å². The van der Waals surface area contributed by atoms with Gasteiger partial charge in [0.2, 0.25) is 5.95 Å². The number of rotatable bonds is 4. The Hall–Kier alpha value is -0.810. The van der Waals surface area contributed by atoms with Crippen LogP contribution >= 0.6 is 11.8 Å². The molecule has 106 valence electrons. The highest BCUT2D eigenvalue weighted by atomic mass is 32.2. The molecule has 1 aromatic heterocycles. The van der Waals surface area contributed by atoms with Crippen LogP contribution in [-0.2, 0) is 6.42 Å². The highest BCUT2D eigenvalue weighted by Crippen LogP contribution is 2.26. The monoisotopic (exact) mass is 280 g/mol. The van der Waals surface area contributed by atoms with Gasteiger partial charge in [0.1, 0.15) is 0 Å². The van der Waals surface area contributed by atoms with Crippen LogP contribution in [0.15, 0.2) is 12.4 Å². The smallest absolute Gasteiger partial charge is 0.225 e. The fraction of sp³-hybridized carbons (Fsp3) is 0.714. The first-order chi connectivity index (χ1) is 9.08. The predicted molar refractivity (Wildman–Crippen MR) is 82.7 cm³/mol. The van der Waals surface area contributed by atoms with Crippen molar-refractivity contribution < 1.29 is 0 Å². The van der Waals surface area contributed by atoms with Gasteiger partial charge in [-0.25, -0.2) is 9.97 Å². The Morgan fingerprint density at radius 1 is 1.32 bits per heavy atom. The summed E-state index contributed by atoms with van der Waals surface area (Å²) >= 11 is 2.04. The molecular formula is C14H24N4S. The highest BCUT2D eigenvalue weighted by molar-refractivity contribution is 8.00. The molecule has 0 saturated carbocycles. The van der Waals surface area contributed by atoms with Gasteiger partial charge in [-0.05, 0) is 18.4 Å². The molecule has 3 unspecified atom stereocenters. The van der Waals surface area contributed by atoms with Crippen molar-refractivity contribution in [2.75, 3.05) is 18.0 Å². The standard InChI is InChI=1S/C14H24N4S/c1-4-13(15)5-12-6-16-14(17-7-12)18-8-10(2)19-11(3)9-18/h6-7,10-11,13H,4-5,8-9,15H2,1-3H3. The van der Waals surface area contributed by atoms with Crippen molar-refractivity contribution >= 4 is 17.7 Å². The lowest BCUT2D eigenvalue weighted by molar-refractivity contribution is 0.641. The van der Waals surface area contributed by atoms with E-state index in [1.165, 1.54) is 0 Å². The summed E-state index contributed by atoms with van der Waals surface area (Å²) in [7, 11) is 0. The minimum absolute atomic E-state index is 0.209. The fourth-order valence-corrected chi connectivity index (χ4v) is 3.73. The van der Waals surface area contributed by atoms with Crippen LogP contribution in [0.5, 0.6) is 0 Å². The number of hydrogen-bond donors (Lipinski definition) is 1. The second-order valence-corrected chi connectivity index (χ2v) is 7.31. The van der Waals surface area contributed by atoms with Crippen molar-refractivity contribution in [3.05, 3.63) is 18.0 Å². The molecule has 1 saturated heterocycles. The average molecular weight is 280 g/mol.